The van der Waals surface area contributed by atoms with Gasteiger partial charge in [-0.05, 0) is 55.0 Å². The number of aliphatic imine (C=N–C) groups is 1. The molecule has 0 bridgehead atoms. The molecule has 0 saturated carbocycles. The van der Waals surface area contributed by atoms with Crippen LogP contribution in [0.15, 0.2) is 21.8 Å². The lowest BCUT2D eigenvalue weighted by Gasteiger charge is -2.00. The van der Waals surface area contributed by atoms with E-state index in [2.05, 4.69) is 9.98 Å². The summed E-state index contributed by atoms with van der Waals surface area (Å²) in [5, 5.41) is 0. The number of aromatic nitrogens is 1. The highest BCUT2D eigenvalue weighted by Gasteiger charge is 2.20. The summed E-state index contributed by atoms with van der Waals surface area (Å²) in [4.78, 5) is 29.7. The Morgan fingerprint density at radius 3 is 2.19 bits per heavy atom. The van der Waals surface area contributed by atoms with Crippen LogP contribution in [0, 0.1) is 6.92 Å². The Hall–Kier alpha value is -2.23. The monoisotopic (exact) mass is 284 g/mol. The number of nitrogens with zero attached hydrogens (tertiary/aromatic N) is 1. The molecule has 0 atom stereocenters. The molecule has 0 amide bonds. The van der Waals surface area contributed by atoms with Gasteiger partial charge in [0.05, 0.1) is 11.4 Å². The molecule has 110 valence electrons. The molecule has 21 heavy (non-hydrogen) atoms. The molecule has 2 rings (SSSR count). The molecule has 4 nitrogen and oxygen atoms in total. The predicted molar refractivity (Wildman–Crippen MR) is 84.8 cm³/mol. The van der Waals surface area contributed by atoms with E-state index in [4.69, 9.17) is 0 Å². The smallest absolute Gasteiger partial charge is 0.168 e. The van der Waals surface area contributed by atoms with Gasteiger partial charge in [-0.25, -0.2) is 4.99 Å². The first-order valence-corrected chi connectivity index (χ1v) is 7.19. The van der Waals surface area contributed by atoms with E-state index in [1.807, 2.05) is 33.8 Å². The predicted octanol–water partition coefficient (Wildman–Crippen LogP) is 3.42. The summed E-state index contributed by atoms with van der Waals surface area (Å²) in [6.07, 6.45) is 5.16. The number of H-pyrrole nitrogens is 1. The third-order valence-electron chi connectivity index (χ3n) is 4.06. The van der Waals surface area contributed by atoms with Crippen LogP contribution in [0.3, 0.4) is 0 Å². The molecule has 0 unspecified atom stereocenters. The number of carbonyl (C=O) groups is 2. The zero-order valence-electron chi connectivity index (χ0n) is 12.9. The molecule has 1 aromatic rings. The van der Waals surface area contributed by atoms with Crippen LogP contribution in [-0.2, 0) is 11.2 Å². The number of aromatic amines is 1. The number of aldehydes is 2. The van der Waals surface area contributed by atoms with Crippen molar-refractivity contribution in [2.24, 2.45) is 4.99 Å². The molecule has 1 aromatic heterocycles. The number of hydrogen-bond acceptors (Lipinski definition) is 3. The summed E-state index contributed by atoms with van der Waals surface area (Å²) in [5.41, 5.74) is 6.92. The molecule has 0 radical (unpaired) electrons. The fourth-order valence-electron chi connectivity index (χ4n) is 2.83. The van der Waals surface area contributed by atoms with Crippen molar-refractivity contribution in [2.75, 3.05) is 0 Å². The van der Waals surface area contributed by atoms with Crippen molar-refractivity contribution in [1.82, 2.24) is 4.98 Å². The molecule has 1 aliphatic heterocycles. The summed E-state index contributed by atoms with van der Waals surface area (Å²) in [6.45, 7) is 8.01. The van der Waals surface area contributed by atoms with Gasteiger partial charge in [0.15, 0.2) is 12.6 Å². The van der Waals surface area contributed by atoms with Crippen LogP contribution in [0.25, 0.3) is 6.08 Å². The summed E-state index contributed by atoms with van der Waals surface area (Å²) in [5.74, 6) is 0. The Bertz CT molecular complexity index is 688. The van der Waals surface area contributed by atoms with Crippen molar-refractivity contribution >= 4 is 24.4 Å². The highest BCUT2D eigenvalue weighted by molar-refractivity contribution is 6.38. The van der Waals surface area contributed by atoms with Crippen molar-refractivity contribution in [3.63, 3.8) is 0 Å². The molecule has 1 aliphatic rings. The molecule has 4 heteroatoms. The quantitative estimate of drug-likeness (QED) is 0.842. The highest BCUT2D eigenvalue weighted by Crippen LogP contribution is 2.29. The first-order valence-electron chi connectivity index (χ1n) is 7.19. The summed E-state index contributed by atoms with van der Waals surface area (Å²) < 4.78 is 0. The van der Waals surface area contributed by atoms with Gasteiger partial charge in [0.2, 0.25) is 0 Å². The molecule has 2 heterocycles. The second-order valence-corrected chi connectivity index (χ2v) is 5.13. The summed E-state index contributed by atoms with van der Waals surface area (Å²) in [7, 11) is 0. The van der Waals surface area contributed by atoms with E-state index in [9.17, 15) is 9.59 Å². The van der Waals surface area contributed by atoms with Gasteiger partial charge < -0.3 is 4.98 Å². The molecular weight excluding hydrogens is 264 g/mol. The second-order valence-electron chi connectivity index (χ2n) is 5.13. The summed E-state index contributed by atoms with van der Waals surface area (Å²) in [6, 6.07) is 0. The van der Waals surface area contributed by atoms with Crippen molar-refractivity contribution < 1.29 is 9.59 Å². The van der Waals surface area contributed by atoms with Crippen molar-refractivity contribution in [3.05, 3.63) is 39.4 Å². The number of allylic oxidation sites excluding steroid dienone is 2. The molecular formula is C17H20N2O2. The van der Waals surface area contributed by atoms with Crippen LogP contribution in [0.1, 0.15) is 54.5 Å². The number of nitrogens with one attached hydrogen (secondary N) is 1. The van der Waals surface area contributed by atoms with Gasteiger partial charge in [-0.3, -0.25) is 9.59 Å². The van der Waals surface area contributed by atoms with E-state index in [0.29, 0.717) is 11.4 Å². The summed E-state index contributed by atoms with van der Waals surface area (Å²) >= 11 is 0. The van der Waals surface area contributed by atoms with E-state index in [0.717, 1.165) is 59.1 Å². The molecule has 1 N–H and O–H groups in total. The molecule has 0 fully saturated rings. The van der Waals surface area contributed by atoms with Crippen molar-refractivity contribution in [1.29, 1.82) is 0 Å². The fourth-order valence-corrected chi connectivity index (χ4v) is 2.83. The van der Waals surface area contributed by atoms with Crippen LogP contribution < -0.4 is 0 Å². The third-order valence-corrected chi connectivity index (χ3v) is 4.06. The lowest BCUT2D eigenvalue weighted by molar-refractivity contribution is -0.102. The topological polar surface area (TPSA) is 62.3 Å². The normalized spacial score (nSPS) is 16.6. The first-order chi connectivity index (χ1) is 10.1. The van der Waals surface area contributed by atoms with E-state index in [-0.39, 0.29) is 0 Å². The number of carbonyl (C=O) groups excluding carboxylic acids is 2. The average molecular weight is 284 g/mol. The minimum atomic E-state index is 0.511. The van der Waals surface area contributed by atoms with Gasteiger partial charge in [0.25, 0.3) is 0 Å². The second kappa shape index (κ2) is 6.04. The van der Waals surface area contributed by atoms with Gasteiger partial charge >= 0.3 is 0 Å². The third kappa shape index (κ3) is 2.53. The molecule has 0 spiro atoms. The maximum atomic E-state index is 11.1. The van der Waals surface area contributed by atoms with Gasteiger partial charge in [-0.15, -0.1) is 0 Å². The van der Waals surface area contributed by atoms with Gasteiger partial charge in [-0.1, -0.05) is 13.8 Å². The van der Waals surface area contributed by atoms with E-state index in [1.54, 1.807) is 0 Å². The maximum Gasteiger partial charge on any atom is 0.168 e. The Labute approximate surface area is 124 Å². The zero-order valence-corrected chi connectivity index (χ0v) is 12.9. The van der Waals surface area contributed by atoms with Gasteiger partial charge in [-0.2, -0.15) is 0 Å². The van der Waals surface area contributed by atoms with Crippen molar-refractivity contribution in [3.8, 4) is 0 Å². The largest absolute Gasteiger partial charge is 0.352 e. The lowest BCUT2D eigenvalue weighted by Crippen LogP contribution is -1.99. The van der Waals surface area contributed by atoms with Crippen LogP contribution in [0.2, 0.25) is 0 Å². The van der Waals surface area contributed by atoms with Crippen LogP contribution in [0.4, 0.5) is 0 Å². The van der Waals surface area contributed by atoms with E-state index < -0.39 is 0 Å². The zero-order chi connectivity index (χ0) is 15.6. The van der Waals surface area contributed by atoms with Gasteiger partial charge in [0.1, 0.15) is 5.71 Å². The minimum Gasteiger partial charge on any atom is -0.352 e. The SMILES string of the molecule is CCC1=C(C)C(=Cc2[nH]c(C=O)c(CC)c2C)N=C1C=O. The Kier molecular flexibility index (Phi) is 4.36. The van der Waals surface area contributed by atoms with E-state index >= 15 is 0 Å². The lowest BCUT2D eigenvalue weighted by atomic mass is 10.0. The maximum absolute atomic E-state index is 11.1. The fraction of sp³-hybridized carbons (Fsp3) is 0.353. The molecule has 0 aromatic carbocycles. The number of rotatable bonds is 5. The molecule has 0 aliphatic carbocycles. The van der Waals surface area contributed by atoms with Crippen LogP contribution >= 0.6 is 0 Å². The van der Waals surface area contributed by atoms with Crippen LogP contribution in [-0.4, -0.2) is 23.3 Å². The minimum absolute atomic E-state index is 0.511. The Morgan fingerprint density at radius 2 is 1.76 bits per heavy atom. The molecule has 0 saturated heterocycles. The van der Waals surface area contributed by atoms with Gasteiger partial charge in [0, 0.05) is 5.69 Å². The van der Waals surface area contributed by atoms with E-state index in [1.165, 1.54) is 0 Å². The average Bonchev–Trinajstić information content (AvgIpc) is 2.96. The Balaban J connectivity index is 2.53. The van der Waals surface area contributed by atoms with Crippen LogP contribution in [0.5, 0.6) is 0 Å². The number of hydrogen-bond donors (Lipinski definition) is 1. The highest BCUT2D eigenvalue weighted by atomic mass is 16.1. The first kappa shape index (κ1) is 15.2. The standard InChI is InChI=1S/C17H20N2O2/c1-5-12-10(3)14(18-16(12)8-20)7-15-11(4)13(6-2)17(9-21)19-15/h7-9,18H,5-6H2,1-4H3. The Morgan fingerprint density at radius 1 is 1.05 bits per heavy atom. The van der Waals surface area contributed by atoms with Crippen molar-refractivity contribution in [2.45, 2.75) is 40.5 Å².